The van der Waals surface area contributed by atoms with Crippen molar-refractivity contribution < 1.29 is 18.3 Å². The Hall–Kier alpha value is -0.440. The maximum atomic E-state index is 12.1. The quantitative estimate of drug-likeness (QED) is 0.849. The lowest BCUT2D eigenvalue weighted by molar-refractivity contribution is -0.139. The molecule has 1 heterocycles. The SMILES string of the molecule is O=C(O)CC1(NS(=O)(=O)c2ccc(Br)s2)CCC1. The summed E-state index contributed by atoms with van der Waals surface area (Å²) >= 11 is 4.32. The monoisotopic (exact) mass is 353 g/mol. The molecule has 2 N–H and O–H groups in total. The molecule has 0 saturated heterocycles. The van der Waals surface area contributed by atoms with Crippen molar-refractivity contribution in [2.75, 3.05) is 0 Å². The summed E-state index contributed by atoms with van der Waals surface area (Å²) in [5, 5.41) is 8.85. The Labute approximate surface area is 117 Å². The van der Waals surface area contributed by atoms with Gasteiger partial charge in [-0.2, -0.15) is 0 Å². The zero-order chi connectivity index (χ0) is 13.4. The summed E-state index contributed by atoms with van der Waals surface area (Å²) < 4.78 is 27.7. The van der Waals surface area contributed by atoms with Crippen LogP contribution in [0, 0.1) is 0 Å². The van der Waals surface area contributed by atoms with E-state index in [0.29, 0.717) is 12.8 Å². The van der Waals surface area contributed by atoms with E-state index in [1.54, 1.807) is 6.07 Å². The first-order chi connectivity index (χ1) is 8.33. The Bertz CT molecular complexity index is 562. The van der Waals surface area contributed by atoms with Crippen LogP contribution in [0.3, 0.4) is 0 Å². The minimum Gasteiger partial charge on any atom is -0.481 e. The smallest absolute Gasteiger partial charge is 0.305 e. The van der Waals surface area contributed by atoms with Gasteiger partial charge >= 0.3 is 5.97 Å². The molecular formula is C10H12BrNO4S2. The Morgan fingerprint density at radius 2 is 2.17 bits per heavy atom. The molecule has 5 nitrogen and oxygen atoms in total. The second-order valence-corrected chi connectivity index (χ2v) is 8.74. The number of nitrogens with one attached hydrogen (secondary N) is 1. The van der Waals surface area contributed by atoms with Crippen LogP contribution in [0.2, 0.25) is 0 Å². The van der Waals surface area contributed by atoms with Crippen molar-refractivity contribution in [1.29, 1.82) is 0 Å². The molecule has 8 heteroatoms. The van der Waals surface area contributed by atoms with Crippen LogP contribution >= 0.6 is 27.3 Å². The van der Waals surface area contributed by atoms with E-state index in [1.165, 1.54) is 6.07 Å². The van der Waals surface area contributed by atoms with E-state index in [-0.39, 0.29) is 10.6 Å². The first-order valence-electron chi connectivity index (χ1n) is 5.34. The number of thiophene rings is 1. The zero-order valence-electron chi connectivity index (χ0n) is 9.35. The highest BCUT2D eigenvalue weighted by atomic mass is 79.9. The van der Waals surface area contributed by atoms with Gasteiger partial charge in [0.2, 0.25) is 0 Å². The van der Waals surface area contributed by atoms with Gasteiger partial charge in [-0.3, -0.25) is 4.79 Å². The molecule has 1 aliphatic rings. The van der Waals surface area contributed by atoms with Gasteiger partial charge in [0.15, 0.2) is 0 Å². The van der Waals surface area contributed by atoms with Gasteiger partial charge in [-0.05, 0) is 47.3 Å². The minimum absolute atomic E-state index is 0.168. The van der Waals surface area contributed by atoms with Crippen molar-refractivity contribution in [2.45, 2.75) is 35.4 Å². The Kier molecular flexibility index (Phi) is 3.82. The molecule has 0 amide bonds. The fourth-order valence-corrected chi connectivity index (χ4v) is 5.45. The van der Waals surface area contributed by atoms with Gasteiger partial charge in [-0.15, -0.1) is 11.3 Å². The van der Waals surface area contributed by atoms with Crippen molar-refractivity contribution in [2.24, 2.45) is 0 Å². The zero-order valence-corrected chi connectivity index (χ0v) is 12.6. The van der Waals surface area contributed by atoms with Gasteiger partial charge in [0.25, 0.3) is 10.0 Å². The second-order valence-electron chi connectivity index (χ2n) is 4.37. The van der Waals surface area contributed by atoms with Crippen molar-refractivity contribution in [3.63, 3.8) is 0 Å². The van der Waals surface area contributed by atoms with Crippen LogP contribution in [-0.2, 0) is 14.8 Å². The number of carboxylic acids is 1. The molecule has 1 fully saturated rings. The lowest BCUT2D eigenvalue weighted by Gasteiger charge is -2.40. The van der Waals surface area contributed by atoms with Crippen LogP contribution in [0.1, 0.15) is 25.7 Å². The number of aliphatic carboxylic acids is 1. The highest BCUT2D eigenvalue weighted by Gasteiger charge is 2.42. The molecule has 1 saturated carbocycles. The molecule has 0 radical (unpaired) electrons. The number of hydrogen-bond acceptors (Lipinski definition) is 4. The Balaban J connectivity index is 2.19. The minimum atomic E-state index is -3.63. The molecule has 1 aliphatic carbocycles. The lowest BCUT2D eigenvalue weighted by Crippen LogP contribution is -2.54. The highest BCUT2D eigenvalue weighted by Crippen LogP contribution is 2.37. The third kappa shape index (κ3) is 2.93. The molecule has 0 spiro atoms. The average Bonchev–Trinajstić information content (AvgIpc) is 2.61. The fraction of sp³-hybridized carbons (Fsp3) is 0.500. The van der Waals surface area contributed by atoms with Crippen molar-refractivity contribution in [3.8, 4) is 0 Å². The molecule has 1 aromatic heterocycles. The summed E-state index contributed by atoms with van der Waals surface area (Å²) in [6.45, 7) is 0. The van der Waals surface area contributed by atoms with E-state index in [9.17, 15) is 13.2 Å². The number of rotatable bonds is 5. The first-order valence-corrected chi connectivity index (χ1v) is 8.43. The highest BCUT2D eigenvalue weighted by molar-refractivity contribution is 9.11. The Morgan fingerprint density at radius 3 is 2.56 bits per heavy atom. The predicted molar refractivity (Wildman–Crippen MR) is 71.2 cm³/mol. The third-order valence-corrected chi connectivity index (χ3v) is 6.66. The molecule has 0 aliphatic heterocycles. The predicted octanol–water partition coefficient (Wildman–Crippen LogP) is 2.19. The first kappa shape index (κ1) is 14.0. The van der Waals surface area contributed by atoms with Crippen LogP contribution in [0.25, 0.3) is 0 Å². The van der Waals surface area contributed by atoms with Gasteiger partial charge in [0, 0.05) is 5.54 Å². The summed E-state index contributed by atoms with van der Waals surface area (Å²) in [7, 11) is -3.63. The molecule has 0 aromatic carbocycles. The van der Waals surface area contributed by atoms with Crippen molar-refractivity contribution in [3.05, 3.63) is 15.9 Å². The van der Waals surface area contributed by atoms with E-state index < -0.39 is 21.5 Å². The molecule has 0 unspecified atom stereocenters. The van der Waals surface area contributed by atoms with Gasteiger partial charge in [-0.1, -0.05) is 0 Å². The standard InChI is InChI=1S/C10H12BrNO4S2/c11-7-2-3-9(17-7)18(15,16)12-10(4-1-5-10)6-8(13)14/h2-3,12H,1,4-6H2,(H,13,14). The van der Waals surface area contributed by atoms with Gasteiger partial charge in [-0.25, -0.2) is 13.1 Å². The number of carboxylic acid groups (broad SMARTS) is 1. The summed E-state index contributed by atoms with van der Waals surface area (Å²) in [4.78, 5) is 10.8. The average molecular weight is 354 g/mol. The van der Waals surface area contributed by atoms with Crippen LogP contribution in [0.4, 0.5) is 0 Å². The number of halogens is 1. The number of carbonyl (C=O) groups is 1. The van der Waals surface area contributed by atoms with Crippen LogP contribution in [0.15, 0.2) is 20.1 Å². The lowest BCUT2D eigenvalue weighted by atomic mass is 9.75. The number of hydrogen-bond donors (Lipinski definition) is 2. The largest absolute Gasteiger partial charge is 0.481 e. The molecule has 100 valence electrons. The number of sulfonamides is 1. The maximum absolute atomic E-state index is 12.1. The molecule has 2 rings (SSSR count). The van der Waals surface area contributed by atoms with E-state index in [0.717, 1.165) is 21.5 Å². The van der Waals surface area contributed by atoms with Gasteiger partial charge in [0.1, 0.15) is 4.21 Å². The summed E-state index contributed by atoms with van der Waals surface area (Å²) in [6.07, 6.45) is 1.83. The fourth-order valence-electron chi connectivity index (χ4n) is 1.99. The summed E-state index contributed by atoms with van der Waals surface area (Å²) in [5.74, 6) is -0.982. The van der Waals surface area contributed by atoms with E-state index in [4.69, 9.17) is 5.11 Å². The molecule has 1 aromatic rings. The van der Waals surface area contributed by atoms with E-state index >= 15 is 0 Å². The van der Waals surface area contributed by atoms with Crippen LogP contribution in [0.5, 0.6) is 0 Å². The summed E-state index contributed by atoms with van der Waals surface area (Å²) in [6, 6.07) is 3.16. The molecule has 0 atom stereocenters. The van der Waals surface area contributed by atoms with E-state index in [1.807, 2.05) is 0 Å². The van der Waals surface area contributed by atoms with E-state index in [2.05, 4.69) is 20.7 Å². The molecular weight excluding hydrogens is 342 g/mol. The van der Waals surface area contributed by atoms with Gasteiger partial charge < -0.3 is 5.11 Å². The Morgan fingerprint density at radius 1 is 1.50 bits per heavy atom. The van der Waals surface area contributed by atoms with Gasteiger partial charge in [0.05, 0.1) is 10.2 Å². The van der Waals surface area contributed by atoms with Crippen LogP contribution in [-0.4, -0.2) is 25.0 Å². The molecule has 0 bridgehead atoms. The normalized spacial score (nSPS) is 18.3. The summed E-state index contributed by atoms with van der Waals surface area (Å²) in [5.41, 5.74) is -0.804. The maximum Gasteiger partial charge on any atom is 0.305 e. The third-order valence-electron chi connectivity index (χ3n) is 2.96. The van der Waals surface area contributed by atoms with Crippen LogP contribution < -0.4 is 4.72 Å². The van der Waals surface area contributed by atoms with Crippen molar-refractivity contribution >= 4 is 43.3 Å². The molecule has 18 heavy (non-hydrogen) atoms. The topological polar surface area (TPSA) is 83.5 Å². The van der Waals surface area contributed by atoms with Crippen molar-refractivity contribution in [1.82, 2.24) is 4.72 Å². The second kappa shape index (κ2) is 4.92.